The second kappa shape index (κ2) is 17.0. The number of phosphoric acid groups is 1. The highest BCUT2D eigenvalue weighted by Gasteiger charge is 2.37. The van der Waals surface area contributed by atoms with Gasteiger partial charge in [0.15, 0.2) is 11.6 Å². The molecule has 0 spiro atoms. The van der Waals surface area contributed by atoms with Gasteiger partial charge in [-0.2, -0.15) is 13.2 Å². The topological polar surface area (TPSA) is 121 Å². The van der Waals surface area contributed by atoms with Gasteiger partial charge in [-0.3, -0.25) is 23.3 Å². The van der Waals surface area contributed by atoms with Crippen LogP contribution in [0.15, 0.2) is 30.3 Å². The van der Waals surface area contributed by atoms with Crippen LogP contribution in [0.2, 0.25) is 5.02 Å². The van der Waals surface area contributed by atoms with Crippen molar-refractivity contribution in [2.45, 2.75) is 71.9 Å². The Morgan fingerprint density at radius 1 is 0.900 bits per heavy atom. The number of nitrogens with zero attached hydrogens (tertiary/aromatic N) is 2. The van der Waals surface area contributed by atoms with Gasteiger partial charge in [0.2, 0.25) is 0 Å². The summed E-state index contributed by atoms with van der Waals surface area (Å²) in [6.07, 6.45) is -5.17. The molecular weight excluding hydrogens is 712 g/mol. The van der Waals surface area contributed by atoms with Crippen molar-refractivity contribution in [1.29, 1.82) is 0 Å². The van der Waals surface area contributed by atoms with Gasteiger partial charge in [0.25, 0.3) is 5.91 Å². The summed E-state index contributed by atoms with van der Waals surface area (Å²) >= 11 is 6.18. The normalized spacial score (nSPS) is 14.8. The van der Waals surface area contributed by atoms with Crippen molar-refractivity contribution in [3.63, 3.8) is 0 Å². The maximum atomic E-state index is 15.1. The van der Waals surface area contributed by atoms with Gasteiger partial charge >= 0.3 is 20.0 Å². The number of halogens is 6. The SMILES string of the molecule is CC(C)(C)OP(=O)(OCCNC(=O)NCc1ccc(C(=O)Nc2ccc(Cl)cc2N2CCN(CCC(F)(F)F)CC2)c(F)c1F)OC(C)(C)C. The van der Waals surface area contributed by atoms with Crippen LogP contribution in [-0.4, -0.2) is 80.1 Å². The molecule has 1 fully saturated rings. The number of amides is 3. The fraction of sp³-hybridized carbons (Fsp3) is 0.562. The first-order valence-electron chi connectivity index (χ1n) is 15.8. The molecule has 1 aliphatic rings. The van der Waals surface area contributed by atoms with E-state index < -0.39 is 67.3 Å². The first kappa shape index (κ1) is 41.4. The summed E-state index contributed by atoms with van der Waals surface area (Å²) in [7, 11) is -3.99. The van der Waals surface area contributed by atoms with E-state index in [9.17, 15) is 27.3 Å². The molecule has 18 heteroatoms. The van der Waals surface area contributed by atoms with Gasteiger partial charge in [0.05, 0.1) is 41.2 Å². The Balaban J connectivity index is 1.56. The van der Waals surface area contributed by atoms with Crippen molar-refractivity contribution >= 4 is 42.7 Å². The monoisotopic (exact) mass is 755 g/mol. The van der Waals surface area contributed by atoms with Crippen LogP contribution in [0.4, 0.5) is 38.1 Å². The highest BCUT2D eigenvalue weighted by atomic mass is 35.5. The summed E-state index contributed by atoms with van der Waals surface area (Å²) in [5.74, 6) is -3.72. The minimum Gasteiger partial charge on any atom is -0.367 e. The third kappa shape index (κ3) is 13.6. The van der Waals surface area contributed by atoms with E-state index in [2.05, 4.69) is 16.0 Å². The van der Waals surface area contributed by atoms with Crippen LogP contribution in [0.1, 0.15) is 63.9 Å². The zero-order chi connectivity index (χ0) is 37.5. The van der Waals surface area contributed by atoms with Gasteiger partial charge < -0.3 is 20.9 Å². The summed E-state index contributed by atoms with van der Waals surface area (Å²) in [6, 6.07) is 6.05. The predicted molar refractivity (Wildman–Crippen MR) is 181 cm³/mol. The molecule has 0 saturated carbocycles. The molecule has 50 heavy (non-hydrogen) atoms. The number of urea groups is 1. The summed E-state index contributed by atoms with van der Waals surface area (Å²) in [6.45, 7) is 10.6. The van der Waals surface area contributed by atoms with Gasteiger partial charge in [-0.25, -0.2) is 18.1 Å². The van der Waals surface area contributed by atoms with E-state index in [-0.39, 0.29) is 30.9 Å². The third-order valence-electron chi connectivity index (χ3n) is 6.89. The number of alkyl halides is 3. The lowest BCUT2D eigenvalue weighted by Gasteiger charge is -2.37. The summed E-state index contributed by atoms with van der Waals surface area (Å²) in [5, 5.41) is 7.73. The fourth-order valence-electron chi connectivity index (χ4n) is 4.76. The molecule has 2 aromatic rings. The van der Waals surface area contributed by atoms with Gasteiger partial charge in [-0.05, 0) is 65.8 Å². The Bertz CT molecular complexity index is 1530. The van der Waals surface area contributed by atoms with Crippen molar-refractivity contribution in [2.75, 3.05) is 56.1 Å². The molecule has 280 valence electrons. The van der Waals surface area contributed by atoms with Crippen LogP contribution in [0.5, 0.6) is 0 Å². The van der Waals surface area contributed by atoms with E-state index >= 15 is 8.78 Å². The fourth-order valence-corrected chi connectivity index (χ4v) is 6.73. The molecule has 0 aliphatic carbocycles. The van der Waals surface area contributed by atoms with Crippen LogP contribution in [0, 0.1) is 11.6 Å². The standard InChI is InChI=1S/C32H44ClF5N5O6P/c1-30(2,3)48-50(46,49-31(4,5)6)47-18-12-39-29(45)40-20-21-7-9-23(27(35)26(21)34)28(44)41-24-10-8-22(33)19-25(24)43-16-14-42(15-17-43)13-11-32(36,37)38/h7-10,19H,11-18,20H2,1-6H3,(H,41,44)(H2,39,40,45). The largest absolute Gasteiger partial charge is 0.475 e. The maximum absolute atomic E-state index is 15.1. The highest BCUT2D eigenvalue weighted by molar-refractivity contribution is 7.48. The molecule has 0 atom stereocenters. The lowest BCUT2D eigenvalue weighted by Crippen LogP contribution is -2.47. The van der Waals surface area contributed by atoms with Gasteiger partial charge in [-0.1, -0.05) is 17.7 Å². The Kier molecular flexibility index (Phi) is 14.1. The zero-order valence-corrected chi connectivity index (χ0v) is 30.5. The number of carbonyl (C=O) groups is 2. The van der Waals surface area contributed by atoms with Crippen LogP contribution in [-0.2, 0) is 24.7 Å². The van der Waals surface area contributed by atoms with E-state index in [1.165, 1.54) is 12.1 Å². The smallest absolute Gasteiger partial charge is 0.367 e. The Morgan fingerprint density at radius 3 is 2.10 bits per heavy atom. The lowest BCUT2D eigenvalue weighted by atomic mass is 10.1. The molecule has 3 amide bonds. The summed E-state index contributed by atoms with van der Waals surface area (Å²) in [4.78, 5) is 28.9. The minimum atomic E-state index is -4.25. The number of piperazine rings is 1. The van der Waals surface area contributed by atoms with Crippen molar-refractivity contribution in [3.05, 3.63) is 58.1 Å². The Labute approximate surface area is 293 Å². The number of benzene rings is 2. The van der Waals surface area contributed by atoms with Crippen molar-refractivity contribution < 1.29 is 49.7 Å². The second-order valence-electron chi connectivity index (χ2n) is 13.5. The van der Waals surface area contributed by atoms with Crippen molar-refractivity contribution in [2.24, 2.45) is 0 Å². The second-order valence-corrected chi connectivity index (χ2v) is 15.5. The van der Waals surface area contributed by atoms with Gasteiger partial charge in [-0.15, -0.1) is 0 Å². The molecule has 1 aliphatic heterocycles. The van der Waals surface area contributed by atoms with E-state index in [1.807, 2.05) is 4.90 Å². The molecule has 0 radical (unpaired) electrons. The molecule has 1 heterocycles. The first-order valence-corrected chi connectivity index (χ1v) is 17.7. The molecule has 2 aromatic carbocycles. The van der Waals surface area contributed by atoms with E-state index in [4.69, 9.17) is 25.2 Å². The Morgan fingerprint density at radius 2 is 1.52 bits per heavy atom. The molecular formula is C32H44ClF5N5O6P. The zero-order valence-electron chi connectivity index (χ0n) is 28.8. The quantitative estimate of drug-likeness (QED) is 0.109. The first-order chi connectivity index (χ1) is 23.0. The molecule has 0 aromatic heterocycles. The van der Waals surface area contributed by atoms with E-state index in [0.717, 1.165) is 12.1 Å². The molecule has 11 nitrogen and oxygen atoms in total. The number of anilines is 2. The molecule has 1 saturated heterocycles. The van der Waals surface area contributed by atoms with Gasteiger partial charge in [0.1, 0.15) is 0 Å². The van der Waals surface area contributed by atoms with Crippen LogP contribution < -0.4 is 20.9 Å². The third-order valence-corrected chi connectivity index (χ3v) is 9.16. The lowest BCUT2D eigenvalue weighted by molar-refractivity contribution is -0.138. The van der Waals surface area contributed by atoms with Crippen molar-refractivity contribution in [1.82, 2.24) is 15.5 Å². The molecule has 0 unspecified atom stereocenters. The maximum Gasteiger partial charge on any atom is 0.475 e. The number of rotatable bonds is 13. The average Bonchev–Trinajstić information content (AvgIpc) is 2.98. The van der Waals surface area contributed by atoms with Crippen LogP contribution in [0.25, 0.3) is 0 Å². The molecule has 0 bridgehead atoms. The summed E-state index contributed by atoms with van der Waals surface area (Å²) in [5.41, 5.74) is -1.79. The van der Waals surface area contributed by atoms with E-state index in [0.29, 0.717) is 36.9 Å². The van der Waals surface area contributed by atoms with E-state index in [1.54, 1.807) is 52.5 Å². The number of hydrogen-bond donors (Lipinski definition) is 3. The molecule has 3 rings (SSSR count). The number of carbonyl (C=O) groups excluding carboxylic acids is 2. The van der Waals surface area contributed by atoms with Crippen molar-refractivity contribution in [3.8, 4) is 0 Å². The average molecular weight is 756 g/mol. The summed E-state index contributed by atoms with van der Waals surface area (Å²) < 4.78 is 97.4. The predicted octanol–water partition coefficient (Wildman–Crippen LogP) is 7.50. The van der Waals surface area contributed by atoms with Crippen LogP contribution >= 0.6 is 19.4 Å². The number of phosphoric ester groups is 1. The number of hydrogen-bond acceptors (Lipinski definition) is 8. The Hall–Kier alpha value is -3.01. The number of nitrogens with one attached hydrogen (secondary N) is 3. The minimum absolute atomic E-state index is 0.118. The molecule has 3 N–H and O–H groups in total. The van der Waals surface area contributed by atoms with Crippen LogP contribution in [0.3, 0.4) is 0 Å². The van der Waals surface area contributed by atoms with Gasteiger partial charge in [0, 0.05) is 56.4 Å². The highest BCUT2D eigenvalue weighted by Crippen LogP contribution is 2.55.